The van der Waals surface area contributed by atoms with Crippen molar-refractivity contribution in [3.8, 4) is 0 Å². The summed E-state index contributed by atoms with van der Waals surface area (Å²) in [6, 6.07) is 9.14. The van der Waals surface area contributed by atoms with Gasteiger partial charge in [0.15, 0.2) is 0 Å². The van der Waals surface area contributed by atoms with Crippen LogP contribution in [0.2, 0.25) is 0 Å². The van der Waals surface area contributed by atoms with Crippen LogP contribution < -0.4 is 0 Å². The van der Waals surface area contributed by atoms with Crippen molar-refractivity contribution in [1.82, 2.24) is 4.90 Å². The zero-order valence-electron chi connectivity index (χ0n) is 13.2. The van der Waals surface area contributed by atoms with E-state index in [1.165, 1.54) is 0 Å². The third kappa shape index (κ3) is 4.09. The number of unbranched alkanes of at least 4 members (excludes halogenated alkanes) is 1. The Morgan fingerprint density at radius 1 is 1.36 bits per heavy atom. The summed E-state index contributed by atoms with van der Waals surface area (Å²) in [5, 5.41) is 9.50. The molecule has 0 spiro atoms. The van der Waals surface area contributed by atoms with Crippen LogP contribution in [0.3, 0.4) is 0 Å². The van der Waals surface area contributed by atoms with Gasteiger partial charge in [-0.3, -0.25) is 4.79 Å². The molecule has 0 radical (unpaired) electrons. The number of carboxylic acid groups (broad SMARTS) is 1. The van der Waals surface area contributed by atoms with Gasteiger partial charge in [-0.2, -0.15) is 0 Å². The van der Waals surface area contributed by atoms with Crippen LogP contribution in [0.15, 0.2) is 30.3 Å². The molecule has 2 atom stereocenters. The molecular formula is C18H25NO3. The van der Waals surface area contributed by atoms with Gasteiger partial charge < -0.3 is 10.0 Å². The number of carbonyl (C=O) groups is 2. The number of rotatable bonds is 8. The third-order valence-corrected chi connectivity index (χ3v) is 4.47. The maximum absolute atomic E-state index is 12.4. The zero-order valence-corrected chi connectivity index (χ0v) is 13.2. The highest BCUT2D eigenvalue weighted by atomic mass is 16.4. The number of aryl methyl sites for hydroxylation is 1. The first kappa shape index (κ1) is 16.5. The molecule has 120 valence electrons. The van der Waals surface area contributed by atoms with Crippen LogP contribution >= 0.6 is 0 Å². The molecule has 4 nitrogen and oxygen atoms in total. The molecule has 1 aromatic rings. The minimum Gasteiger partial charge on any atom is -0.480 e. The topological polar surface area (TPSA) is 57.6 Å². The maximum Gasteiger partial charge on any atom is 0.326 e. The van der Waals surface area contributed by atoms with Crippen LogP contribution in [0.5, 0.6) is 0 Å². The fourth-order valence-electron chi connectivity index (χ4n) is 3.15. The average Bonchev–Trinajstić information content (AvgIpc) is 2.87. The highest BCUT2D eigenvalue weighted by molar-refractivity contribution is 5.86. The van der Waals surface area contributed by atoms with Crippen molar-refractivity contribution >= 4 is 11.9 Å². The van der Waals surface area contributed by atoms with Gasteiger partial charge in [0.05, 0.1) is 0 Å². The highest BCUT2D eigenvalue weighted by Crippen LogP contribution is 2.26. The molecule has 1 aromatic carbocycles. The fraction of sp³-hybridized carbons (Fsp3) is 0.556. The molecule has 1 fully saturated rings. The van der Waals surface area contributed by atoms with Crippen LogP contribution in [0.4, 0.5) is 0 Å². The molecular weight excluding hydrogens is 278 g/mol. The first-order chi connectivity index (χ1) is 10.6. The van der Waals surface area contributed by atoms with Crippen LogP contribution in [-0.2, 0) is 16.0 Å². The summed E-state index contributed by atoms with van der Waals surface area (Å²) in [4.78, 5) is 25.6. The van der Waals surface area contributed by atoms with Gasteiger partial charge in [-0.15, -0.1) is 0 Å². The molecule has 1 saturated heterocycles. The maximum atomic E-state index is 12.4. The van der Waals surface area contributed by atoms with Gasteiger partial charge in [-0.05, 0) is 31.2 Å². The molecule has 22 heavy (non-hydrogen) atoms. The largest absolute Gasteiger partial charge is 0.480 e. The third-order valence-electron chi connectivity index (χ3n) is 4.47. The van der Waals surface area contributed by atoms with Gasteiger partial charge in [0.25, 0.3) is 0 Å². The Morgan fingerprint density at radius 2 is 2.09 bits per heavy atom. The lowest BCUT2D eigenvalue weighted by atomic mass is 10.0. The predicted octanol–water partition coefficient (Wildman–Crippen LogP) is 3.11. The number of carbonyl (C=O) groups excluding carboxylic acids is 1. The summed E-state index contributed by atoms with van der Waals surface area (Å²) < 4.78 is 0. The molecule has 0 unspecified atom stereocenters. The SMILES string of the molecule is CCCC[C@H]1CCN([C@@H](CCc2ccccc2)C(=O)O)C1=O. The number of hydrogen-bond acceptors (Lipinski definition) is 2. The van der Waals surface area contributed by atoms with Crippen LogP contribution in [-0.4, -0.2) is 34.5 Å². The number of aliphatic carboxylic acids is 1. The van der Waals surface area contributed by atoms with Gasteiger partial charge in [-0.1, -0.05) is 50.1 Å². The smallest absolute Gasteiger partial charge is 0.326 e. The highest BCUT2D eigenvalue weighted by Gasteiger charge is 2.38. The standard InChI is InChI=1S/C18H25NO3/c1-2-3-9-15-12-13-19(17(15)20)16(18(21)22)11-10-14-7-5-4-6-8-14/h4-8,15-16H,2-3,9-13H2,1H3,(H,21,22)/t15-,16-/m0/s1. The second kappa shape index (κ2) is 7.97. The number of hydrogen-bond donors (Lipinski definition) is 1. The quantitative estimate of drug-likeness (QED) is 0.803. The number of amides is 1. The summed E-state index contributed by atoms with van der Waals surface area (Å²) in [5.74, 6) is -0.826. The summed E-state index contributed by atoms with van der Waals surface area (Å²) in [6.45, 7) is 2.69. The Labute approximate surface area is 132 Å². The van der Waals surface area contributed by atoms with Crippen molar-refractivity contribution in [2.45, 2.75) is 51.5 Å². The molecule has 2 rings (SSSR count). The lowest BCUT2D eigenvalue weighted by Gasteiger charge is -2.25. The van der Waals surface area contributed by atoms with E-state index < -0.39 is 12.0 Å². The second-order valence-corrected chi connectivity index (χ2v) is 6.04. The summed E-state index contributed by atoms with van der Waals surface area (Å²) in [6.07, 6.45) is 4.95. The normalized spacial score (nSPS) is 19.4. The van der Waals surface area contributed by atoms with Gasteiger partial charge in [0.2, 0.25) is 5.91 Å². The predicted molar refractivity (Wildman–Crippen MR) is 85.5 cm³/mol. The van der Waals surface area contributed by atoms with Gasteiger partial charge in [-0.25, -0.2) is 4.79 Å². The van der Waals surface area contributed by atoms with Crippen molar-refractivity contribution in [3.05, 3.63) is 35.9 Å². The van der Waals surface area contributed by atoms with E-state index in [2.05, 4.69) is 6.92 Å². The summed E-state index contributed by atoms with van der Waals surface area (Å²) in [7, 11) is 0. The Kier molecular flexibility index (Phi) is 5.99. The molecule has 1 N–H and O–H groups in total. The van der Waals surface area contributed by atoms with Gasteiger partial charge >= 0.3 is 5.97 Å². The van der Waals surface area contributed by atoms with Crippen LogP contribution in [0.1, 0.15) is 44.6 Å². The molecule has 4 heteroatoms. The number of benzene rings is 1. The molecule has 0 bridgehead atoms. The Morgan fingerprint density at radius 3 is 2.73 bits per heavy atom. The lowest BCUT2D eigenvalue weighted by molar-refractivity contribution is -0.149. The van der Waals surface area contributed by atoms with E-state index in [-0.39, 0.29) is 11.8 Å². The number of carboxylic acids is 1. The molecule has 0 aromatic heterocycles. The van der Waals surface area contributed by atoms with E-state index in [1.54, 1.807) is 4.90 Å². The molecule has 1 aliphatic heterocycles. The van der Waals surface area contributed by atoms with E-state index >= 15 is 0 Å². The molecule has 1 amide bonds. The van der Waals surface area contributed by atoms with Crippen LogP contribution in [0, 0.1) is 5.92 Å². The van der Waals surface area contributed by atoms with Crippen molar-refractivity contribution in [2.75, 3.05) is 6.54 Å². The first-order valence-electron chi connectivity index (χ1n) is 8.20. The van der Waals surface area contributed by atoms with Crippen molar-refractivity contribution < 1.29 is 14.7 Å². The lowest BCUT2D eigenvalue weighted by Crippen LogP contribution is -2.43. The number of nitrogens with zero attached hydrogens (tertiary/aromatic N) is 1. The zero-order chi connectivity index (χ0) is 15.9. The Hall–Kier alpha value is -1.84. The van der Waals surface area contributed by atoms with E-state index in [1.807, 2.05) is 30.3 Å². The van der Waals surface area contributed by atoms with Crippen molar-refractivity contribution in [2.24, 2.45) is 5.92 Å². The molecule has 1 aliphatic rings. The number of likely N-dealkylation sites (tertiary alicyclic amines) is 1. The molecule has 0 saturated carbocycles. The summed E-state index contributed by atoms with van der Waals surface area (Å²) in [5.41, 5.74) is 1.11. The van der Waals surface area contributed by atoms with Gasteiger partial charge in [0.1, 0.15) is 6.04 Å². The average molecular weight is 303 g/mol. The molecule has 1 heterocycles. The second-order valence-electron chi connectivity index (χ2n) is 6.04. The van der Waals surface area contributed by atoms with Gasteiger partial charge in [0, 0.05) is 12.5 Å². The van der Waals surface area contributed by atoms with E-state index in [9.17, 15) is 14.7 Å². The monoisotopic (exact) mass is 303 g/mol. The Balaban J connectivity index is 1.96. The first-order valence-corrected chi connectivity index (χ1v) is 8.20. The van der Waals surface area contributed by atoms with E-state index in [0.29, 0.717) is 19.4 Å². The van der Waals surface area contributed by atoms with E-state index in [0.717, 1.165) is 31.2 Å². The fourth-order valence-corrected chi connectivity index (χ4v) is 3.15. The minimum atomic E-state index is -0.888. The Bertz CT molecular complexity index is 500. The summed E-state index contributed by atoms with van der Waals surface area (Å²) >= 11 is 0. The van der Waals surface area contributed by atoms with E-state index in [4.69, 9.17) is 0 Å². The van der Waals surface area contributed by atoms with Crippen molar-refractivity contribution in [1.29, 1.82) is 0 Å². The van der Waals surface area contributed by atoms with Crippen LogP contribution in [0.25, 0.3) is 0 Å². The van der Waals surface area contributed by atoms with Crippen molar-refractivity contribution in [3.63, 3.8) is 0 Å². The minimum absolute atomic E-state index is 0.0264. The molecule has 0 aliphatic carbocycles.